The second-order valence-corrected chi connectivity index (χ2v) is 5.27. The summed E-state index contributed by atoms with van der Waals surface area (Å²) in [6, 6.07) is 0.474. The predicted molar refractivity (Wildman–Crippen MR) is 73.3 cm³/mol. The molecule has 0 fully saturated rings. The first kappa shape index (κ1) is 16.2. The Morgan fingerprint density at radius 3 is 2.55 bits per heavy atom. The Morgan fingerprint density at radius 2 is 2.00 bits per heavy atom. The van der Waals surface area contributed by atoms with Gasteiger partial charge in [-0.05, 0) is 12.3 Å². The summed E-state index contributed by atoms with van der Waals surface area (Å²) >= 11 is 1.54. The van der Waals surface area contributed by atoms with E-state index < -0.39 is 34.9 Å². The molecule has 0 spiro atoms. The molecule has 1 aromatic carbocycles. The van der Waals surface area contributed by atoms with Crippen LogP contribution in [0.25, 0.3) is 0 Å². The summed E-state index contributed by atoms with van der Waals surface area (Å²) in [6.07, 6.45) is 1.88. The van der Waals surface area contributed by atoms with E-state index in [1.807, 2.05) is 13.2 Å². The Kier molecular flexibility index (Phi) is 5.75. The summed E-state index contributed by atoms with van der Waals surface area (Å²) in [7, 11) is 0. The second-order valence-electron chi connectivity index (χ2n) is 4.00. The summed E-state index contributed by atoms with van der Waals surface area (Å²) < 4.78 is 26.6. The zero-order chi connectivity index (χ0) is 15.3. The number of carboxylic acid groups (broad SMARTS) is 1. The van der Waals surface area contributed by atoms with Crippen LogP contribution < -0.4 is 10.6 Å². The molecule has 1 atom stereocenters. The van der Waals surface area contributed by atoms with E-state index in [9.17, 15) is 18.4 Å². The summed E-state index contributed by atoms with van der Waals surface area (Å²) in [5, 5.41) is 13.5. The summed E-state index contributed by atoms with van der Waals surface area (Å²) in [6.45, 7) is 2.26. The van der Waals surface area contributed by atoms with Gasteiger partial charge in [-0.25, -0.2) is 18.4 Å². The zero-order valence-corrected chi connectivity index (χ0v) is 11.7. The molecule has 0 bridgehead atoms. The van der Waals surface area contributed by atoms with Gasteiger partial charge in [0.25, 0.3) is 0 Å². The van der Waals surface area contributed by atoms with E-state index in [2.05, 4.69) is 10.6 Å². The zero-order valence-electron chi connectivity index (χ0n) is 10.9. The Bertz CT molecular complexity index is 526. The number of anilines is 1. The number of hydrogen-bond donors (Lipinski definition) is 3. The van der Waals surface area contributed by atoms with Gasteiger partial charge in [0.1, 0.15) is 11.6 Å². The third kappa shape index (κ3) is 4.37. The van der Waals surface area contributed by atoms with Gasteiger partial charge in [0.15, 0.2) is 0 Å². The van der Waals surface area contributed by atoms with E-state index in [1.165, 1.54) is 0 Å². The van der Waals surface area contributed by atoms with Crippen LogP contribution >= 0.6 is 11.8 Å². The first-order chi connectivity index (χ1) is 9.35. The molecule has 1 unspecified atom stereocenters. The van der Waals surface area contributed by atoms with Crippen molar-refractivity contribution in [1.29, 1.82) is 0 Å². The van der Waals surface area contributed by atoms with Gasteiger partial charge in [0.05, 0.1) is 11.3 Å². The van der Waals surface area contributed by atoms with Crippen molar-refractivity contribution in [3.05, 3.63) is 29.3 Å². The van der Waals surface area contributed by atoms with Gasteiger partial charge >= 0.3 is 12.0 Å². The average Bonchev–Trinajstić information content (AvgIpc) is 2.38. The quantitative estimate of drug-likeness (QED) is 0.781. The van der Waals surface area contributed by atoms with Gasteiger partial charge < -0.3 is 15.7 Å². The maximum absolute atomic E-state index is 13.4. The number of thioether (sulfide) groups is 1. The van der Waals surface area contributed by atoms with Gasteiger partial charge in [-0.3, -0.25) is 0 Å². The van der Waals surface area contributed by atoms with Crippen molar-refractivity contribution in [2.45, 2.75) is 12.2 Å². The lowest BCUT2D eigenvalue weighted by molar-refractivity contribution is 0.0692. The van der Waals surface area contributed by atoms with Crippen LogP contribution in [0.2, 0.25) is 0 Å². The number of amides is 2. The molecule has 0 radical (unpaired) electrons. The Balaban J connectivity index is 2.79. The maximum Gasteiger partial charge on any atom is 0.338 e. The molecular weight excluding hydrogens is 290 g/mol. The van der Waals surface area contributed by atoms with Crippen molar-refractivity contribution < 1.29 is 23.5 Å². The second kappa shape index (κ2) is 7.09. The lowest BCUT2D eigenvalue weighted by Gasteiger charge is -2.12. The van der Waals surface area contributed by atoms with Crippen molar-refractivity contribution in [1.82, 2.24) is 5.32 Å². The minimum atomic E-state index is -1.54. The number of halogens is 2. The van der Waals surface area contributed by atoms with Crippen molar-refractivity contribution in [2.24, 2.45) is 0 Å². The van der Waals surface area contributed by atoms with Crippen LogP contribution in [-0.2, 0) is 0 Å². The van der Waals surface area contributed by atoms with E-state index in [4.69, 9.17) is 5.11 Å². The molecule has 0 saturated heterocycles. The minimum Gasteiger partial charge on any atom is -0.478 e. The first-order valence-electron chi connectivity index (χ1n) is 5.65. The Labute approximate surface area is 118 Å². The van der Waals surface area contributed by atoms with Gasteiger partial charge in [0, 0.05) is 17.9 Å². The molecule has 0 aromatic heterocycles. The highest BCUT2D eigenvalue weighted by molar-refractivity contribution is 7.99. The monoisotopic (exact) mass is 304 g/mol. The highest BCUT2D eigenvalue weighted by Gasteiger charge is 2.16. The Hall–Kier alpha value is -1.83. The van der Waals surface area contributed by atoms with Crippen molar-refractivity contribution >= 4 is 29.4 Å². The molecule has 2 amide bonds. The molecule has 0 aliphatic rings. The fourth-order valence-corrected chi connectivity index (χ4v) is 1.54. The van der Waals surface area contributed by atoms with Gasteiger partial charge in [-0.1, -0.05) is 6.92 Å². The molecule has 1 aromatic rings. The molecule has 5 nitrogen and oxygen atoms in total. The number of hydrogen-bond acceptors (Lipinski definition) is 3. The van der Waals surface area contributed by atoms with Crippen LogP contribution in [0, 0.1) is 11.6 Å². The van der Waals surface area contributed by atoms with Crippen LogP contribution in [0.3, 0.4) is 0 Å². The number of nitrogens with one attached hydrogen (secondary N) is 2. The third-order valence-electron chi connectivity index (χ3n) is 2.49. The number of carbonyl (C=O) groups excluding carboxylic acids is 1. The highest BCUT2D eigenvalue weighted by atomic mass is 32.2. The van der Waals surface area contributed by atoms with Crippen molar-refractivity contribution in [2.75, 3.05) is 18.1 Å². The number of rotatable bonds is 5. The number of urea groups is 1. The molecule has 3 N–H and O–H groups in total. The van der Waals surface area contributed by atoms with Crippen molar-refractivity contribution in [3.63, 3.8) is 0 Å². The molecular formula is C12H14F2N2O3S. The third-order valence-corrected chi connectivity index (χ3v) is 3.46. The summed E-state index contributed by atoms with van der Waals surface area (Å²) in [5.41, 5.74) is -1.10. The van der Waals surface area contributed by atoms with E-state index in [0.29, 0.717) is 12.6 Å². The van der Waals surface area contributed by atoms with Crippen LogP contribution in [0.4, 0.5) is 19.3 Å². The van der Waals surface area contributed by atoms with E-state index in [0.717, 1.165) is 6.07 Å². The lowest BCUT2D eigenvalue weighted by Crippen LogP contribution is -2.33. The number of carbonyl (C=O) groups is 2. The fourth-order valence-electron chi connectivity index (χ4n) is 1.29. The topological polar surface area (TPSA) is 78.4 Å². The Morgan fingerprint density at radius 1 is 1.35 bits per heavy atom. The molecule has 0 aliphatic carbocycles. The smallest absolute Gasteiger partial charge is 0.338 e. The number of aromatic carboxylic acids is 1. The summed E-state index contributed by atoms with van der Waals surface area (Å²) in [5.74, 6) is -3.78. The van der Waals surface area contributed by atoms with Crippen molar-refractivity contribution in [3.8, 4) is 0 Å². The summed E-state index contributed by atoms with van der Waals surface area (Å²) in [4.78, 5) is 22.2. The molecule has 0 saturated carbocycles. The van der Waals surface area contributed by atoms with Crippen LogP contribution in [-0.4, -0.2) is 35.2 Å². The SMILES string of the molecule is CSC(C)CNC(=O)Nc1cc(C(=O)O)c(F)cc1F. The standard InChI is InChI=1S/C12H14F2N2O3S/c1-6(20-2)5-15-12(19)16-10-3-7(11(17)18)8(13)4-9(10)14/h3-4,6H,5H2,1-2H3,(H,17,18)(H2,15,16,19). The molecule has 20 heavy (non-hydrogen) atoms. The predicted octanol–water partition coefficient (Wildman–Crippen LogP) is 2.54. The molecule has 1 rings (SSSR count). The van der Waals surface area contributed by atoms with E-state index in [-0.39, 0.29) is 5.25 Å². The van der Waals surface area contributed by atoms with E-state index >= 15 is 0 Å². The highest BCUT2D eigenvalue weighted by Crippen LogP contribution is 2.19. The maximum atomic E-state index is 13.4. The average molecular weight is 304 g/mol. The lowest BCUT2D eigenvalue weighted by atomic mass is 10.2. The normalized spacial score (nSPS) is 11.8. The number of benzene rings is 1. The van der Waals surface area contributed by atoms with Gasteiger partial charge in [0.2, 0.25) is 0 Å². The molecule has 0 heterocycles. The largest absolute Gasteiger partial charge is 0.478 e. The van der Waals surface area contributed by atoms with Gasteiger partial charge in [-0.2, -0.15) is 11.8 Å². The minimum absolute atomic E-state index is 0.174. The number of carboxylic acids is 1. The fraction of sp³-hybridized carbons (Fsp3) is 0.333. The molecule has 8 heteroatoms. The van der Waals surface area contributed by atoms with Crippen LogP contribution in [0.1, 0.15) is 17.3 Å². The van der Waals surface area contributed by atoms with E-state index in [1.54, 1.807) is 11.8 Å². The first-order valence-corrected chi connectivity index (χ1v) is 6.94. The molecule has 110 valence electrons. The van der Waals surface area contributed by atoms with Crippen LogP contribution in [0.5, 0.6) is 0 Å². The van der Waals surface area contributed by atoms with Crippen LogP contribution in [0.15, 0.2) is 12.1 Å². The van der Waals surface area contributed by atoms with Gasteiger partial charge in [-0.15, -0.1) is 0 Å². The molecule has 0 aliphatic heterocycles.